The van der Waals surface area contributed by atoms with Gasteiger partial charge in [0, 0.05) is 34.4 Å². The number of hydrogen-bond donors (Lipinski definition) is 1. The van der Waals surface area contributed by atoms with E-state index in [1.165, 1.54) is 6.92 Å². The number of amides is 1. The molecule has 168 valence electrons. The predicted octanol–water partition coefficient (Wildman–Crippen LogP) is 4.30. The summed E-state index contributed by atoms with van der Waals surface area (Å²) in [4.78, 5) is 47.3. The van der Waals surface area contributed by atoms with Gasteiger partial charge in [0.15, 0.2) is 11.6 Å². The molecule has 6 nitrogen and oxygen atoms in total. The fourth-order valence-electron chi connectivity index (χ4n) is 6.00. The summed E-state index contributed by atoms with van der Waals surface area (Å²) in [7, 11) is 0. The van der Waals surface area contributed by atoms with Crippen LogP contribution < -0.4 is 10.2 Å². The van der Waals surface area contributed by atoms with E-state index < -0.39 is 23.4 Å². The Morgan fingerprint density at radius 2 is 1.85 bits per heavy atom. The van der Waals surface area contributed by atoms with Crippen molar-refractivity contribution in [1.82, 2.24) is 4.98 Å². The average molecular weight is 470 g/mol. The van der Waals surface area contributed by atoms with Gasteiger partial charge in [-0.15, -0.1) is 0 Å². The predicted molar refractivity (Wildman–Crippen MR) is 130 cm³/mol. The van der Waals surface area contributed by atoms with Crippen LogP contribution in [0.2, 0.25) is 5.02 Å². The van der Waals surface area contributed by atoms with Crippen LogP contribution in [0.1, 0.15) is 28.4 Å². The van der Waals surface area contributed by atoms with Gasteiger partial charge in [-0.1, -0.05) is 42.0 Å². The van der Waals surface area contributed by atoms with Crippen molar-refractivity contribution < 1.29 is 14.4 Å². The highest BCUT2D eigenvalue weighted by Crippen LogP contribution is 2.57. The number of hydrogen-bond acceptors (Lipinski definition) is 5. The van der Waals surface area contributed by atoms with Gasteiger partial charge in [-0.05, 0) is 54.4 Å². The lowest BCUT2D eigenvalue weighted by Crippen LogP contribution is -2.51. The molecule has 0 radical (unpaired) electrons. The maximum absolute atomic E-state index is 14.2. The summed E-state index contributed by atoms with van der Waals surface area (Å²) in [6.45, 7) is 1.49. The number of anilines is 2. The van der Waals surface area contributed by atoms with Crippen LogP contribution in [0.25, 0.3) is 6.08 Å². The second kappa shape index (κ2) is 7.37. The second-order valence-corrected chi connectivity index (χ2v) is 9.35. The number of carbonyl (C=O) groups excluding carboxylic acids is 3. The Balaban J connectivity index is 1.67. The monoisotopic (exact) mass is 469 g/mol. The third-order valence-electron chi connectivity index (χ3n) is 7.26. The van der Waals surface area contributed by atoms with Crippen LogP contribution in [-0.2, 0) is 15.0 Å². The van der Waals surface area contributed by atoms with E-state index in [9.17, 15) is 14.4 Å². The number of ketones is 2. The van der Waals surface area contributed by atoms with E-state index in [4.69, 9.17) is 11.6 Å². The second-order valence-electron chi connectivity index (χ2n) is 8.92. The van der Waals surface area contributed by atoms with Crippen LogP contribution in [0.15, 0.2) is 73.1 Å². The van der Waals surface area contributed by atoms with Crippen LogP contribution in [0, 0.1) is 5.92 Å². The minimum absolute atomic E-state index is 0.178. The Morgan fingerprint density at radius 3 is 2.62 bits per heavy atom. The number of benzene rings is 2. The topological polar surface area (TPSA) is 79.4 Å². The fraction of sp³-hybridized carbons (Fsp3) is 0.185. The van der Waals surface area contributed by atoms with E-state index >= 15 is 0 Å². The minimum Gasteiger partial charge on any atom is -0.352 e. The lowest BCUT2D eigenvalue weighted by molar-refractivity contribution is -0.122. The van der Waals surface area contributed by atoms with Gasteiger partial charge in [0.05, 0.1) is 18.0 Å². The molecule has 1 amide bonds. The van der Waals surface area contributed by atoms with Crippen LogP contribution in [0.3, 0.4) is 0 Å². The van der Waals surface area contributed by atoms with Crippen molar-refractivity contribution in [2.45, 2.75) is 24.4 Å². The zero-order valence-electron chi connectivity index (χ0n) is 18.2. The van der Waals surface area contributed by atoms with E-state index in [1.807, 2.05) is 53.5 Å². The largest absolute Gasteiger partial charge is 0.352 e. The van der Waals surface area contributed by atoms with Crippen LogP contribution in [0.5, 0.6) is 0 Å². The Hall–Kier alpha value is -3.77. The summed E-state index contributed by atoms with van der Waals surface area (Å²) in [5.41, 5.74) is 2.16. The lowest BCUT2D eigenvalue weighted by atomic mass is 9.64. The molecule has 4 atom stereocenters. The molecule has 0 aliphatic carbocycles. The standard InChI is InChI=1S/C27H20ClN3O3/c1-15(32)24-23(25(33)16-10-12-29-13-11-16)27(19-4-2-3-5-20(19)30-26(27)34)22-9-6-17-14-18(28)7-8-21(17)31(22)24/h2-14,22-24H,1H3,(H,30,34). The number of rotatable bonds is 3. The molecule has 1 spiro atoms. The van der Waals surface area contributed by atoms with Crippen LogP contribution in [0.4, 0.5) is 11.4 Å². The molecule has 7 heteroatoms. The molecule has 1 N–H and O–H groups in total. The fourth-order valence-corrected chi connectivity index (χ4v) is 6.18. The van der Waals surface area contributed by atoms with Gasteiger partial charge in [-0.3, -0.25) is 19.4 Å². The third-order valence-corrected chi connectivity index (χ3v) is 7.49. The molecular weight excluding hydrogens is 450 g/mol. The Kier molecular flexibility index (Phi) is 4.51. The first-order valence-electron chi connectivity index (χ1n) is 11.1. The molecule has 0 saturated carbocycles. The van der Waals surface area contributed by atoms with Gasteiger partial charge in [0.1, 0.15) is 5.41 Å². The van der Waals surface area contributed by atoms with Crippen LogP contribution >= 0.6 is 11.6 Å². The number of aromatic nitrogens is 1. The first-order chi connectivity index (χ1) is 16.4. The number of Topliss-reactive ketones (excluding diaryl/α,β-unsaturated/α-hetero) is 2. The smallest absolute Gasteiger partial charge is 0.238 e. The molecule has 3 aliphatic rings. The molecule has 1 fully saturated rings. The van der Waals surface area contributed by atoms with Gasteiger partial charge in [-0.25, -0.2) is 0 Å². The van der Waals surface area contributed by atoms with Crippen molar-refractivity contribution in [3.8, 4) is 0 Å². The summed E-state index contributed by atoms with van der Waals surface area (Å²) in [5.74, 6) is -1.65. The zero-order chi connectivity index (χ0) is 23.6. The maximum atomic E-state index is 14.2. The van der Waals surface area contributed by atoms with Gasteiger partial charge in [0.25, 0.3) is 0 Å². The molecule has 0 bridgehead atoms. The van der Waals surface area contributed by atoms with Gasteiger partial charge < -0.3 is 10.2 Å². The van der Waals surface area contributed by atoms with E-state index in [0.29, 0.717) is 16.3 Å². The molecule has 1 saturated heterocycles. The number of pyridine rings is 1. The first kappa shape index (κ1) is 20.8. The summed E-state index contributed by atoms with van der Waals surface area (Å²) >= 11 is 6.24. The Morgan fingerprint density at radius 1 is 1.09 bits per heavy atom. The van der Waals surface area contributed by atoms with Gasteiger partial charge in [0.2, 0.25) is 5.91 Å². The van der Waals surface area contributed by atoms with E-state index in [0.717, 1.165) is 16.8 Å². The van der Waals surface area contributed by atoms with E-state index in [1.54, 1.807) is 30.6 Å². The number of carbonyl (C=O) groups is 3. The Bertz CT molecular complexity index is 1400. The highest BCUT2D eigenvalue weighted by atomic mass is 35.5. The number of nitrogens with zero attached hydrogens (tertiary/aromatic N) is 2. The Labute approximate surface area is 201 Å². The maximum Gasteiger partial charge on any atom is 0.238 e. The lowest BCUT2D eigenvalue weighted by Gasteiger charge is -2.37. The summed E-state index contributed by atoms with van der Waals surface area (Å²) < 4.78 is 0. The minimum atomic E-state index is -1.28. The van der Waals surface area contributed by atoms with Gasteiger partial charge >= 0.3 is 0 Å². The summed E-state index contributed by atoms with van der Waals surface area (Å²) in [5, 5.41) is 3.57. The third kappa shape index (κ3) is 2.63. The molecule has 3 aliphatic heterocycles. The van der Waals surface area contributed by atoms with E-state index in [2.05, 4.69) is 10.3 Å². The molecule has 6 rings (SSSR count). The van der Waals surface area contributed by atoms with Crippen molar-refractivity contribution in [3.63, 3.8) is 0 Å². The quantitative estimate of drug-likeness (QED) is 0.579. The highest BCUT2D eigenvalue weighted by Gasteiger charge is 2.69. The molecule has 4 heterocycles. The average Bonchev–Trinajstić information content (AvgIpc) is 3.32. The number of para-hydroxylation sites is 1. The van der Waals surface area contributed by atoms with Crippen molar-refractivity contribution >= 4 is 46.5 Å². The first-order valence-corrected chi connectivity index (χ1v) is 11.4. The van der Waals surface area contributed by atoms with Crippen molar-refractivity contribution in [3.05, 3.63) is 94.8 Å². The van der Waals surface area contributed by atoms with E-state index in [-0.39, 0.29) is 17.5 Å². The molecule has 34 heavy (non-hydrogen) atoms. The SMILES string of the molecule is CC(=O)C1C(C(=O)c2ccncc2)C2(C(=O)Nc3ccccc32)C2C=Cc3cc(Cl)ccc3N12. The normalized spacial score (nSPS) is 26.1. The van der Waals surface area contributed by atoms with Crippen LogP contribution in [-0.4, -0.2) is 34.5 Å². The summed E-state index contributed by atoms with van der Waals surface area (Å²) in [6.07, 6.45) is 6.95. The number of halogens is 1. The molecule has 1 aromatic heterocycles. The number of nitrogens with one attached hydrogen (secondary N) is 1. The summed E-state index contributed by atoms with van der Waals surface area (Å²) in [6, 6.07) is 14.8. The number of fused-ring (bicyclic) bond motifs is 6. The molecular formula is C27H20ClN3O3. The van der Waals surface area contributed by atoms with Gasteiger partial charge in [-0.2, -0.15) is 0 Å². The molecule has 3 aromatic rings. The van der Waals surface area contributed by atoms with Crippen molar-refractivity contribution in [1.29, 1.82) is 0 Å². The van der Waals surface area contributed by atoms with Crippen molar-refractivity contribution in [2.24, 2.45) is 5.92 Å². The highest BCUT2D eigenvalue weighted by molar-refractivity contribution is 6.31. The molecule has 2 aromatic carbocycles. The van der Waals surface area contributed by atoms with Crippen molar-refractivity contribution in [2.75, 3.05) is 10.2 Å². The zero-order valence-corrected chi connectivity index (χ0v) is 19.0. The molecule has 4 unspecified atom stereocenters.